The maximum absolute atomic E-state index is 12.8. The number of aromatic nitrogens is 4. The predicted molar refractivity (Wildman–Crippen MR) is 173 cm³/mol. The fraction of sp³-hybridized carbons (Fsp3) is 0.273. The van der Waals surface area contributed by atoms with E-state index in [0.29, 0.717) is 34.3 Å². The minimum atomic E-state index is -2.74. The van der Waals surface area contributed by atoms with Crippen LogP contribution in [0.5, 0.6) is 0 Å². The number of carbonyl (C=O) groups excluding carboxylic acids is 2. The number of rotatable bonds is 10. The number of piperidine rings is 1. The molecule has 1 saturated carbocycles. The van der Waals surface area contributed by atoms with Crippen LogP contribution in [0.25, 0.3) is 16.8 Å². The molecule has 16 heteroatoms. The second kappa shape index (κ2) is 13.9. The van der Waals surface area contributed by atoms with Gasteiger partial charge in [0.25, 0.3) is 5.91 Å². The van der Waals surface area contributed by atoms with Crippen LogP contribution in [0.15, 0.2) is 73.7 Å². The largest absolute Gasteiger partial charge is 0.481 e. The lowest BCUT2D eigenvalue weighted by molar-refractivity contribution is -0.170. The molecule has 2 fully saturated rings. The van der Waals surface area contributed by atoms with E-state index in [0.717, 1.165) is 30.7 Å². The molecule has 4 aromatic rings. The standard InChI is InChI=1S/C27H25N7O2.C6H8O7/c1-2-21(35)34-19-11-10-18(15-19)23(34)26-32-22(24-25(28)30-13-14-33(24)26)16-6-8-17(9-7-16)27(36)31-20-5-3-4-12-29-20;7-3(8)1-6(13,5(11)12)2-4(9)10/h2-9,12-14,18-19,23H,1,10-11,15H2,(H2,28,30)(H,29,31,36);13H,1-2H2,(H,7,8)(H,9,10)(H,11,12)/t18-,19+,23-;/m0./s1. The SMILES string of the molecule is C=CC(=O)N1[C@@H]2CC[C@@H](C2)[C@H]1c1nc(-c2ccc(C(=O)Nc3ccccn3)cc2)c2c(N)nccn12.O=C(O)CC(O)(CC(=O)O)C(=O)O. The van der Waals surface area contributed by atoms with Gasteiger partial charge in [0, 0.05) is 35.8 Å². The summed E-state index contributed by atoms with van der Waals surface area (Å²) in [5.41, 5.74) is 6.24. The van der Waals surface area contributed by atoms with Gasteiger partial charge in [-0.2, -0.15) is 0 Å². The molecular formula is C33H33N7O9. The molecular weight excluding hydrogens is 638 g/mol. The van der Waals surface area contributed by atoms with E-state index in [4.69, 9.17) is 31.1 Å². The zero-order chi connectivity index (χ0) is 35.5. The summed E-state index contributed by atoms with van der Waals surface area (Å²) in [4.78, 5) is 71.3. The summed E-state index contributed by atoms with van der Waals surface area (Å²) in [5.74, 6) is -3.40. The number of anilines is 2. The van der Waals surface area contributed by atoms with Crippen LogP contribution in [0.1, 0.15) is 54.3 Å². The highest BCUT2D eigenvalue weighted by atomic mass is 16.4. The lowest BCUT2D eigenvalue weighted by Crippen LogP contribution is -2.42. The first-order chi connectivity index (χ1) is 23.3. The molecule has 4 heterocycles. The van der Waals surface area contributed by atoms with Crippen LogP contribution in [0.4, 0.5) is 11.6 Å². The minimum Gasteiger partial charge on any atom is -0.481 e. The molecule has 49 heavy (non-hydrogen) atoms. The van der Waals surface area contributed by atoms with Crippen LogP contribution in [0, 0.1) is 5.92 Å². The molecule has 16 nitrogen and oxygen atoms in total. The van der Waals surface area contributed by atoms with Crippen molar-refractivity contribution in [3.05, 3.63) is 85.1 Å². The van der Waals surface area contributed by atoms with Crippen molar-refractivity contribution in [1.82, 2.24) is 24.3 Å². The molecule has 3 atom stereocenters. The summed E-state index contributed by atoms with van der Waals surface area (Å²) in [6.07, 6.45) is 7.24. The number of amides is 2. The van der Waals surface area contributed by atoms with E-state index < -0.39 is 36.4 Å². The number of hydrogen-bond donors (Lipinski definition) is 6. The highest BCUT2D eigenvalue weighted by Crippen LogP contribution is 2.50. The van der Waals surface area contributed by atoms with Crippen molar-refractivity contribution < 1.29 is 44.4 Å². The molecule has 1 saturated heterocycles. The number of nitrogens with two attached hydrogens (primary N) is 1. The number of carbonyl (C=O) groups is 5. The van der Waals surface area contributed by atoms with E-state index in [1.807, 2.05) is 33.7 Å². The van der Waals surface area contributed by atoms with Gasteiger partial charge in [-0.1, -0.05) is 24.8 Å². The van der Waals surface area contributed by atoms with Gasteiger partial charge in [-0.25, -0.2) is 19.7 Å². The Morgan fingerprint density at radius 1 is 0.980 bits per heavy atom. The first kappa shape index (κ1) is 34.2. The topological polar surface area (TPSA) is 251 Å². The third-order valence-electron chi connectivity index (χ3n) is 8.50. The number of carboxylic acids is 3. The summed E-state index contributed by atoms with van der Waals surface area (Å²) in [6.45, 7) is 3.71. The van der Waals surface area contributed by atoms with E-state index in [9.17, 15) is 24.0 Å². The number of imidazole rings is 1. The van der Waals surface area contributed by atoms with E-state index in [1.165, 1.54) is 6.08 Å². The second-order valence-electron chi connectivity index (χ2n) is 11.7. The Balaban J connectivity index is 0.000000308. The van der Waals surface area contributed by atoms with Crippen molar-refractivity contribution in [3.63, 3.8) is 0 Å². The number of aliphatic carboxylic acids is 3. The Morgan fingerprint density at radius 3 is 2.27 bits per heavy atom. The summed E-state index contributed by atoms with van der Waals surface area (Å²) < 4.78 is 1.95. The van der Waals surface area contributed by atoms with Gasteiger partial charge in [-0.15, -0.1) is 0 Å². The van der Waals surface area contributed by atoms with Gasteiger partial charge < -0.3 is 36.4 Å². The number of hydrogen-bond acceptors (Lipinski definition) is 10. The number of benzene rings is 1. The van der Waals surface area contributed by atoms with Crippen LogP contribution in [-0.2, 0) is 19.2 Å². The Labute approximate surface area is 278 Å². The van der Waals surface area contributed by atoms with Crippen molar-refractivity contribution in [2.75, 3.05) is 11.1 Å². The molecule has 1 aliphatic heterocycles. The van der Waals surface area contributed by atoms with Gasteiger partial charge in [0.1, 0.15) is 28.7 Å². The number of nitrogens with zero attached hydrogens (tertiary/aromatic N) is 5. The number of aliphatic hydroxyl groups is 1. The van der Waals surface area contributed by atoms with Gasteiger partial charge in [0.2, 0.25) is 5.91 Å². The number of fused-ring (bicyclic) bond motifs is 3. The van der Waals surface area contributed by atoms with Gasteiger partial charge in [0.15, 0.2) is 5.60 Å². The Hall–Kier alpha value is -6.16. The van der Waals surface area contributed by atoms with Gasteiger partial charge in [0.05, 0.1) is 18.9 Å². The third kappa shape index (κ3) is 7.08. The van der Waals surface area contributed by atoms with E-state index in [1.54, 1.807) is 36.7 Å². The molecule has 0 spiro atoms. The van der Waals surface area contributed by atoms with Gasteiger partial charge in [-0.05, 0) is 55.5 Å². The van der Waals surface area contributed by atoms with Gasteiger partial charge >= 0.3 is 17.9 Å². The van der Waals surface area contributed by atoms with E-state index >= 15 is 0 Å². The highest BCUT2D eigenvalue weighted by Gasteiger charge is 2.50. The van der Waals surface area contributed by atoms with Crippen molar-refractivity contribution in [3.8, 4) is 11.3 Å². The molecule has 254 valence electrons. The van der Waals surface area contributed by atoms with Crippen LogP contribution in [0.2, 0.25) is 0 Å². The Morgan fingerprint density at radius 2 is 1.67 bits per heavy atom. The average Bonchev–Trinajstić information content (AvgIpc) is 3.79. The number of nitrogens with one attached hydrogen (secondary N) is 1. The molecule has 2 bridgehead atoms. The van der Waals surface area contributed by atoms with Crippen LogP contribution in [0.3, 0.4) is 0 Å². The molecule has 0 radical (unpaired) electrons. The fourth-order valence-corrected chi connectivity index (χ4v) is 6.36. The minimum absolute atomic E-state index is 0.0733. The second-order valence-corrected chi connectivity index (χ2v) is 11.7. The zero-order valence-corrected chi connectivity index (χ0v) is 26.0. The maximum Gasteiger partial charge on any atom is 0.336 e. The molecule has 7 N–H and O–H groups in total. The summed E-state index contributed by atoms with van der Waals surface area (Å²) >= 11 is 0. The number of likely N-dealkylation sites (tertiary alicyclic amines) is 1. The Kier molecular flexibility index (Phi) is 9.70. The smallest absolute Gasteiger partial charge is 0.336 e. The summed E-state index contributed by atoms with van der Waals surface area (Å²) in [6, 6.07) is 12.6. The van der Waals surface area contributed by atoms with Crippen molar-refractivity contribution in [2.45, 2.75) is 49.8 Å². The highest BCUT2D eigenvalue weighted by molar-refractivity contribution is 6.04. The molecule has 6 rings (SSSR count). The quantitative estimate of drug-likeness (QED) is 0.133. The fourth-order valence-electron chi connectivity index (χ4n) is 6.36. The Bertz CT molecular complexity index is 1910. The lowest BCUT2D eigenvalue weighted by atomic mass is 9.96. The third-order valence-corrected chi connectivity index (χ3v) is 8.50. The molecule has 2 aliphatic rings. The molecule has 3 aromatic heterocycles. The number of carboxylic acid groups (broad SMARTS) is 3. The normalized spacial score (nSPS) is 18.0. The molecule has 1 aromatic carbocycles. The number of nitrogen functional groups attached to an aromatic ring is 1. The average molecular weight is 672 g/mol. The molecule has 1 aliphatic carbocycles. The first-order valence-corrected chi connectivity index (χ1v) is 15.1. The molecule has 0 unspecified atom stereocenters. The van der Waals surface area contributed by atoms with Crippen LogP contribution in [-0.4, -0.2) is 86.0 Å². The molecule has 2 amide bonds. The van der Waals surface area contributed by atoms with Crippen LogP contribution >= 0.6 is 0 Å². The predicted octanol–water partition coefficient (Wildman–Crippen LogP) is 2.62. The van der Waals surface area contributed by atoms with Crippen molar-refractivity contribution >= 4 is 46.9 Å². The van der Waals surface area contributed by atoms with E-state index in [2.05, 4.69) is 21.9 Å². The summed E-state index contributed by atoms with van der Waals surface area (Å²) in [7, 11) is 0. The number of pyridine rings is 1. The van der Waals surface area contributed by atoms with Gasteiger partial charge in [-0.3, -0.25) is 23.6 Å². The first-order valence-electron chi connectivity index (χ1n) is 15.1. The monoisotopic (exact) mass is 671 g/mol. The zero-order valence-electron chi connectivity index (χ0n) is 26.0. The summed E-state index contributed by atoms with van der Waals surface area (Å²) in [5, 5.41) is 36.6. The van der Waals surface area contributed by atoms with Crippen molar-refractivity contribution in [1.29, 1.82) is 0 Å². The lowest BCUT2D eigenvalue weighted by Gasteiger charge is -2.33. The van der Waals surface area contributed by atoms with Crippen LogP contribution < -0.4 is 11.1 Å². The maximum atomic E-state index is 12.8. The van der Waals surface area contributed by atoms with E-state index in [-0.39, 0.29) is 23.9 Å². The van der Waals surface area contributed by atoms with Crippen molar-refractivity contribution in [2.24, 2.45) is 5.92 Å².